The summed E-state index contributed by atoms with van der Waals surface area (Å²) in [5, 5.41) is 8.65. The fourth-order valence-corrected chi connectivity index (χ4v) is 2.38. The van der Waals surface area contributed by atoms with Gasteiger partial charge in [0.05, 0.1) is 11.4 Å². The van der Waals surface area contributed by atoms with E-state index in [4.69, 9.17) is 0 Å². The second-order valence-corrected chi connectivity index (χ2v) is 5.55. The summed E-state index contributed by atoms with van der Waals surface area (Å²) in [5.41, 5.74) is 3.73. The minimum absolute atomic E-state index is 0.753. The number of aromatic nitrogens is 2. The lowest BCUT2D eigenvalue weighted by molar-refractivity contribution is 1.09. The van der Waals surface area contributed by atoms with Gasteiger partial charge in [0.2, 0.25) is 0 Å². The Balaban J connectivity index is 2.06. The third kappa shape index (κ3) is 2.49. The van der Waals surface area contributed by atoms with Gasteiger partial charge in [-0.25, -0.2) is 4.98 Å². The first kappa shape index (κ1) is 13.0. The molecule has 20 heavy (non-hydrogen) atoms. The number of azo groups is 1. The average Bonchev–Trinajstić information content (AvgIpc) is 2.72. The van der Waals surface area contributed by atoms with Gasteiger partial charge in [-0.2, -0.15) is 0 Å². The number of fused-ring (bicyclic) bond motifs is 1. The Morgan fingerprint density at radius 3 is 2.75 bits per heavy atom. The molecule has 0 aliphatic heterocycles. The minimum Gasteiger partial charge on any atom is -0.282 e. The summed E-state index contributed by atoms with van der Waals surface area (Å²) in [7, 11) is 0. The fourth-order valence-electron chi connectivity index (χ4n) is 2.04. The maximum absolute atomic E-state index is 4.47. The third-order valence-corrected chi connectivity index (χ3v) is 3.46. The predicted molar refractivity (Wildman–Crippen MR) is 83.0 cm³/mol. The predicted octanol–water partition coefficient (Wildman–Crippen LogP) is 5.13. The fraction of sp³-hybridized carbons (Fsp3) is 0.133. The summed E-state index contributed by atoms with van der Waals surface area (Å²) < 4.78 is 2.91. The first-order chi connectivity index (χ1) is 9.63. The average molecular weight is 329 g/mol. The maximum atomic E-state index is 4.47. The summed E-state index contributed by atoms with van der Waals surface area (Å²) in [6.07, 6.45) is 1.94. The Labute approximate surface area is 125 Å². The number of hydrogen-bond acceptors (Lipinski definition) is 3. The van der Waals surface area contributed by atoms with Crippen LogP contribution in [0.2, 0.25) is 0 Å². The molecule has 3 aromatic rings. The SMILES string of the molecule is Cc1cccc(N=Nc2c(C)nc3ccc(Br)cn23)c1. The van der Waals surface area contributed by atoms with Crippen molar-refractivity contribution < 1.29 is 0 Å². The molecule has 0 unspecified atom stereocenters. The normalized spacial score (nSPS) is 11.6. The zero-order valence-corrected chi connectivity index (χ0v) is 12.8. The Kier molecular flexibility index (Phi) is 3.36. The highest BCUT2D eigenvalue weighted by Gasteiger charge is 2.08. The van der Waals surface area contributed by atoms with Crippen molar-refractivity contribution in [3.63, 3.8) is 0 Å². The number of halogens is 1. The van der Waals surface area contributed by atoms with Crippen molar-refractivity contribution in [3.05, 3.63) is 58.3 Å². The molecule has 4 nitrogen and oxygen atoms in total. The van der Waals surface area contributed by atoms with Gasteiger partial charge in [0.25, 0.3) is 0 Å². The molecule has 0 saturated carbocycles. The van der Waals surface area contributed by atoms with Crippen molar-refractivity contribution in [2.24, 2.45) is 10.2 Å². The monoisotopic (exact) mass is 328 g/mol. The Morgan fingerprint density at radius 2 is 1.95 bits per heavy atom. The quantitative estimate of drug-likeness (QED) is 0.601. The van der Waals surface area contributed by atoms with Crippen LogP contribution in [0.4, 0.5) is 11.5 Å². The van der Waals surface area contributed by atoms with Crippen molar-refractivity contribution in [3.8, 4) is 0 Å². The van der Waals surface area contributed by atoms with Crippen LogP contribution < -0.4 is 0 Å². The van der Waals surface area contributed by atoms with E-state index in [9.17, 15) is 0 Å². The molecule has 0 spiro atoms. The van der Waals surface area contributed by atoms with Crippen LogP contribution in [-0.2, 0) is 0 Å². The van der Waals surface area contributed by atoms with Gasteiger partial charge in [-0.05, 0) is 59.6 Å². The number of benzene rings is 1. The van der Waals surface area contributed by atoms with Crippen LogP contribution in [0.25, 0.3) is 5.65 Å². The Hall–Kier alpha value is -2.01. The molecule has 0 amide bonds. The van der Waals surface area contributed by atoms with E-state index in [1.165, 1.54) is 5.56 Å². The van der Waals surface area contributed by atoms with Gasteiger partial charge in [0.1, 0.15) is 5.65 Å². The lowest BCUT2D eigenvalue weighted by Crippen LogP contribution is -1.82. The van der Waals surface area contributed by atoms with Crippen LogP contribution in [-0.4, -0.2) is 9.38 Å². The largest absolute Gasteiger partial charge is 0.282 e. The first-order valence-corrected chi connectivity index (χ1v) is 7.05. The zero-order valence-electron chi connectivity index (χ0n) is 11.2. The maximum Gasteiger partial charge on any atom is 0.182 e. The van der Waals surface area contributed by atoms with Crippen molar-refractivity contribution >= 4 is 33.1 Å². The molecule has 0 fully saturated rings. The van der Waals surface area contributed by atoms with E-state index in [1.807, 2.05) is 60.8 Å². The standard InChI is InChI=1S/C15H13BrN4/c1-10-4-3-5-13(8-10)18-19-15-11(2)17-14-7-6-12(16)9-20(14)15/h3-9H,1-2H3. The number of nitrogens with zero attached hydrogens (tertiary/aromatic N) is 4. The number of aryl methyl sites for hydroxylation is 2. The van der Waals surface area contributed by atoms with Gasteiger partial charge in [0, 0.05) is 10.7 Å². The second-order valence-electron chi connectivity index (χ2n) is 4.64. The molecule has 100 valence electrons. The van der Waals surface area contributed by atoms with E-state index in [1.54, 1.807) is 0 Å². The van der Waals surface area contributed by atoms with Gasteiger partial charge >= 0.3 is 0 Å². The number of pyridine rings is 1. The van der Waals surface area contributed by atoms with E-state index in [2.05, 4.69) is 31.1 Å². The molecule has 0 aliphatic carbocycles. The van der Waals surface area contributed by atoms with Crippen LogP contribution in [0.1, 0.15) is 11.3 Å². The molecule has 3 rings (SSSR count). The van der Waals surface area contributed by atoms with Crippen molar-refractivity contribution in [2.75, 3.05) is 0 Å². The zero-order chi connectivity index (χ0) is 14.1. The lowest BCUT2D eigenvalue weighted by atomic mass is 10.2. The van der Waals surface area contributed by atoms with E-state index in [0.29, 0.717) is 0 Å². The molecule has 0 aliphatic rings. The van der Waals surface area contributed by atoms with Crippen LogP contribution in [0.15, 0.2) is 57.3 Å². The number of hydrogen-bond donors (Lipinski definition) is 0. The summed E-state index contributed by atoms with van der Waals surface area (Å²) in [4.78, 5) is 4.47. The lowest BCUT2D eigenvalue weighted by Gasteiger charge is -1.98. The van der Waals surface area contributed by atoms with E-state index >= 15 is 0 Å². The Morgan fingerprint density at radius 1 is 1.10 bits per heavy atom. The van der Waals surface area contributed by atoms with Crippen LogP contribution in [0, 0.1) is 13.8 Å². The molecule has 0 saturated heterocycles. The molecule has 0 bridgehead atoms. The van der Waals surface area contributed by atoms with Crippen molar-refractivity contribution in [1.82, 2.24) is 9.38 Å². The molecule has 5 heteroatoms. The minimum atomic E-state index is 0.753. The molecular weight excluding hydrogens is 316 g/mol. The van der Waals surface area contributed by atoms with Gasteiger partial charge < -0.3 is 0 Å². The van der Waals surface area contributed by atoms with Crippen LogP contribution in [0.3, 0.4) is 0 Å². The Bertz CT molecular complexity index is 805. The number of imidazole rings is 1. The highest BCUT2D eigenvalue weighted by Crippen LogP contribution is 2.25. The van der Waals surface area contributed by atoms with Crippen molar-refractivity contribution in [2.45, 2.75) is 13.8 Å². The molecule has 0 atom stereocenters. The number of rotatable bonds is 2. The molecule has 0 radical (unpaired) electrons. The summed E-state index contributed by atoms with van der Waals surface area (Å²) >= 11 is 3.46. The smallest absolute Gasteiger partial charge is 0.182 e. The van der Waals surface area contributed by atoms with Crippen molar-refractivity contribution in [1.29, 1.82) is 0 Å². The van der Waals surface area contributed by atoms with E-state index in [0.717, 1.165) is 27.3 Å². The molecule has 0 N–H and O–H groups in total. The van der Waals surface area contributed by atoms with E-state index in [-0.39, 0.29) is 0 Å². The third-order valence-electron chi connectivity index (χ3n) is 2.99. The van der Waals surface area contributed by atoms with Gasteiger partial charge in [-0.1, -0.05) is 12.1 Å². The molecule has 2 heterocycles. The molecule has 2 aromatic heterocycles. The van der Waals surface area contributed by atoms with Crippen LogP contribution >= 0.6 is 15.9 Å². The van der Waals surface area contributed by atoms with Crippen LogP contribution in [0.5, 0.6) is 0 Å². The van der Waals surface area contributed by atoms with Gasteiger partial charge in [-0.15, -0.1) is 10.2 Å². The van der Waals surface area contributed by atoms with Gasteiger partial charge in [0.15, 0.2) is 5.82 Å². The second kappa shape index (κ2) is 5.17. The van der Waals surface area contributed by atoms with Gasteiger partial charge in [-0.3, -0.25) is 4.40 Å². The molecular formula is C15H13BrN4. The highest BCUT2D eigenvalue weighted by molar-refractivity contribution is 9.10. The summed E-state index contributed by atoms with van der Waals surface area (Å²) in [5.74, 6) is 0.753. The summed E-state index contributed by atoms with van der Waals surface area (Å²) in [6, 6.07) is 11.9. The van der Waals surface area contributed by atoms with E-state index < -0.39 is 0 Å². The first-order valence-electron chi connectivity index (χ1n) is 6.26. The summed E-state index contributed by atoms with van der Waals surface area (Å²) in [6.45, 7) is 3.97. The topological polar surface area (TPSA) is 42.0 Å². The molecule has 1 aromatic carbocycles. The highest BCUT2D eigenvalue weighted by atomic mass is 79.9.